The molecule has 1 aromatic rings. The summed E-state index contributed by atoms with van der Waals surface area (Å²) < 4.78 is 18.5. The number of aromatic nitrogens is 2. The van der Waals surface area contributed by atoms with Crippen LogP contribution in [0.2, 0.25) is 25.7 Å². The van der Waals surface area contributed by atoms with Crippen molar-refractivity contribution in [3.63, 3.8) is 0 Å². The van der Waals surface area contributed by atoms with Gasteiger partial charge in [-0.2, -0.15) is 0 Å². The highest BCUT2D eigenvalue weighted by molar-refractivity contribution is 6.76. The molecule has 6 nitrogen and oxygen atoms in total. The lowest BCUT2D eigenvalue weighted by molar-refractivity contribution is 0.0226. The number of ether oxygens (including phenoxy) is 3. The Bertz CT molecular complexity index is 439. The SMILES string of the molecule is C[Si](C)(C)CCOCn1cc(N)c(OC2CCOCC2)n1. The van der Waals surface area contributed by atoms with Gasteiger partial charge in [-0.1, -0.05) is 19.6 Å². The minimum Gasteiger partial charge on any atom is -0.472 e. The topological polar surface area (TPSA) is 71.5 Å². The monoisotopic (exact) mass is 313 g/mol. The largest absolute Gasteiger partial charge is 0.472 e. The number of anilines is 1. The van der Waals surface area contributed by atoms with Crippen molar-refractivity contribution in [3.05, 3.63) is 6.20 Å². The maximum absolute atomic E-state index is 5.94. The second-order valence-electron chi connectivity index (χ2n) is 6.71. The highest BCUT2D eigenvalue weighted by Crippen LogP contribution is 2.22. The van der Waals surface area contributed by atoms with Crippen molar-refractivity contribution < 1.29 is 14.2 Å². The van der Waals surface area contributed by atoms with E-state index in [0.717, 1.165) is 38.7 Å². The van der Waals surface area contributed by atoms with Crippen LogP contribution in [0.5, 0.6) is 5.88 Å². The summed E-state index contributed by atoms with van der Waals surface area (Å²) in [4.78, 5) is 0. The molecule has 0 unspecified atom stereocenters. The average Bonchev–Trinajstić information content (AvgIpc) is 2.76. The Labute approximate surface area is 127 Å². The lowest BCUT2D eigenvalue weighted by Gasteiger charge is -2.22. The standard InChI is InChI=1S/C14H27N3O3Si/c1-21(2,3)9-8-19-11-17-10-13(15)14(16-17)20-12-4-6-18-7-5-12/h10,12H,4-9,11,15H2,1-3H3. The van der Waals surface area contributed by atoms with Crippen LogP contribution < -0.4 is 10.5 Å². The van der Waals surface area contributed by atoms with Gasteiger partial charge < -0.3 is 19.9 Å². The molecular formula is C14H27N3O3Si. The quantitative estimate of drug-likeness (QED) is 0.618. The molecular weight excluding hydrogens is 286 g/mol. The van der Waals surface area contributed by atoms with E-state index in [9.17, 15) is 0 Å². The predicted octanol–water partition coefficient (Wildman–Crippen LogP) is 2.34. The summed E-state index contributed by atoms with van der Waals surface area (Å²) in [5, 5.41) is 4.35. The van der Waals surface area contributed by atoms with E-state index in [0.29, 0.717) is 18.3 Å². The van der Waals surface area contributed by atoms with Crippen molar-refractivity contribution >= 4 is 13.8 Å². The Hall–Kier alpha value is -1.05. The summed E-state index contributed by atoms with van der Waals surface area (Å²) in [6, 6.07) is 1.15. The Morgan fingerprint density at radius 1 is 1.38 bits per heavy atom. The third-order valence-corrected chi connectivity index (χ3v) is 5.13. The van der Waals surface area contributed by atoms with Crippen LogP contribution in [0.25, 0.3) is 0 Å². The molecule has 1 aliphatic heterocycles. The van der Waals surface area contributed by atoms with Gasteiger partial charge >= 0.3 is 0 Å². The normalized spacial score (nSPS) is 17.1. The van der Waals surface area contributed by atoms with Gasteiger partial charge in [0.25, 0.3) is 5.88 Å². The van der Waals surface area contributed by atoms with Gasteiger partial charge in [0.2, 0.25) is 0 Å². The third kappa shape index (κ3) is 5.68. The van der Waals surface area contributed by atoms with Crippen molar-refractivity contribution in [1.82, 2.24) is 9.78 Å². The van der Waals surface area contributed by atoms with E-state index in [1.54, 1.807) is 10.9 Å². The van der Waals surface area contributed by atoms with Crippen LogP contribution in [0.3, 0.4) is 0 Å². The molecule has 1 fully saturated rings. The van der Waals surface area contributed by atoms with E-state index in [4.69, 9.17) is 19.9 Å². The Morgan fingerprint density at radius 3 is 2.76 bits per heavy atom. The third-order valence-electron chi connectivity index (χ3n) is 3.42. The lowest BCUT2D eigenvalue weighted by atomic mass is 10.2. The highest BCUT2D eigenvalue weighted by atomic mass is 28.3. The maximum atomic E-state index is 5.94. The molecule has 0 aromatic carbocycles. The molecule has 0 bridgehead atoms. The molecule has 2 rings (SSSR count). The molecule has 0 radical (unpaired) electrons. The molecule has 1 saturated heterocycles. The molecule has 120 valence electrons. The van der Waals surface area contributed by atoms with Gasteiger partial charge in [0.1, 0.15) is 18.5 Å². The molecule has 2 heterocycles. The number of nitrogens with zero attached hydrogens (tertiary/aromatic N) is 2. The maximum Gasteiger partial charge on any atom is 0.256 e. The molecule has 0 spiro atoms. The Morgan fingerprint density at radius 2 is 2.10 bits per heavy atom. The van der Waals surface area contributed by atoms with Crippen molar-refractivity contribution in [3.8, 4) is 5.88 Å². The number of hydrogen-bond acceptors (Lipinski definition) is 5. The number of nitrogens with two attached hydrogens (primary N) is 1. The minimum absolute atomic E-state index is 0.150. The Balaban J connectivity index is 1.78. The zero-order valence-corrected chi connectivity index (χ0v) is 14.3. The van der Waals surface area contributed by atoms with Crippen molar-refractivity contribution in [2.24, 2.45) is 0 Å². The molecule has 21 heavy (non-hydrogen) atoms. The second-order valence-corrected chi connectivity index (χ2v) is 12.3. The summed E-state index contributed by atoms with van der Waals surface area (Å²) in [5.74, 6) is 0.510. The number of rotatable bonds is 7. The summed E-state index contributed by atoms with van der Waals surface area (Å²) >= 11 is 0. The van der Waals surface area contributed by atoms with Crippen LogP contribution >= 0.6 is 0 Å². The molecule has 1 aliphatic rings. The van der Waals surface area contributed by atoms with Crippen LogP contribution in [-0.4, -0.2) is 43.8 Å². The predicted molar refractivity (Wildman–Crippen MR) is 85.2 cm³/mol. The molecule has 0 atom stereocenters. The first-order valence-corrected chi connectivity index (χ1v) is 11.3. The fraction of sp³-hybridized carbons (Fsp3) is 0.786. The van der Waals surface area contributed by atoms with Gasteiger partial charge in [-0.25, -0.2) is 4.68 Å². The van der Waals surface area contributed by atoms with E-state index < -0.39 is 8.07 Å². The van der Waals surface area contributed by atoms with Crippen molar-refractivity contribution in [2.75, 3.05) is 25.6 Å². The van der Waals surface area contributed by atoms with E-state index in [2.05, 4.69) is 24.7 Å². The molecule has 2 N–H and O–H groups in total. The van der Waals surface area contributed by atoms with E-state index in [1.165, 1.54) is 0 Å². The number of hydrogen-bond donors (Lipinski definition) is 1. The fourth-order valence-corrected chi connectivity index (χ4v) is 2.82. The van der Waals surface area contributed by atoms with Gasteiger partial charge in [0.05, 0.1) is 19.4 Å². The Kier molecular flexibility index (Phi) is 5.66. The highest BCUT2D eigenvalue weighted by Gasteiger charge is 2.18. The second kappa shape index (κ2) is 7.28. The van der Waals surface area contributed by atoms with Gasteiger partial charge in [0.15, 0.2) is 0 Å². The molecule has 0 aliphatic carbocycles. The molecule has 0 saturated carbocycles. The van der Waals surface area contributed by atoms with Crippen LogP contribution in [0.15, 0.2) is 6.20 Å². The summed E-state index contributed by atoms with van der Waals surface area (Å²) in [6.07, 6.45) is 3.69. The summed E-state index contributed by atoms with van der Waals surface area (Å²) in [5.41, 5.74) is 6.51. The minimum atomic E-state index is -1.05. The van der Waals surface area contributed by atoms with Crippen molar-refractivity contribution in [2.45, 2.75) is 51.4 Å². The van der Waals surface area contributed by atoms with Gasteiger partial charge in [-0.3, -0.25) is 0 Å². The fourth-order valence-electron chi connectivity index (χ4n) is 2.06. The molecule has 7 heteroatoms. The first kappa shape index (κ1) is 16.3. The van der Waals surface area contributed by atoms with E-state index in [1.807, 2.05) is 0 Å². The van der Waals surface area contributed by atoms with Crippen LogP contribution in [-0.2, 0) is 16.2 Å². The van der Waals surface area contributed by atoms with E-state index in [-0.39, 0.29) is 6.10 Å². The van der Waals surface area contributed by atoms with Gasteiger partial charge in [-0.15, -0.1) is 5.10 Å². The smallest absolute Gasteiger partial charge is 0.256 e. The molecule has 0 amide bonds. The zero-order valence-electron chi connectivity index (χ0n) is 13.3. The van der Waals surface area contributed by atoms with Crippen LogP contribution in [0.1, 0.15) is 12.8 Å². The van der Waals surface area contributed by atoms with Crippen LogP contribution in [0, 0.1) is 0 Å². The lowest BCUT2D eigenvalue weighted by Crippen LogP contribution is -2.26. The van der Waals surface area contributed by atoms with E-state index >= 15 is 0 Å². The first-order valence-electron chi connectivity index (χ1n) is 7.59. The van der Waals surface area contributed by atoms with Gasteiger partial charge in [-0.05, 0) is 6.04 Å². The first-order chi connectivity index (χ1) is 9.94. The summed E-state index contributed by atoms with van der Waals surface area (Å²) in [7, 11) is -1.05. The number of nitrogen functional groups attached to an aromatic ring is 1. The van der Waals surface area contributed by atoms with Crippen LogP contribution in [0.4, 0.5) is 5.69 Å². The van der Waals surface area contributed by atoms with Gasteiger partial charge in [0, 0.05) is 27.5 Å². The van der Waals surface area contributed by atoms with Crippen molar-refractivity contribution in [1.29, 1.82) is 0 Å². The average molecular weight is 313 g/mol. The summed E-state index contributed by atoms with van der Waals surface area (Å²) in [6.45, 7) is 9.68. The zero-order chi connectivity index (χ0) is 15.3. The molecule has 1 aromatic heterocycles.